The average molecular weight is 351 g/mol. The molecule has 0 fully saturated rings. The van der Waals surface area contributed by atoms with E-state index in [1.54, 1.807) is 10.7 Å². The Bertz CT molecular complexity index is 730. The quantitative estimate of drug-likeness (QED) is 0.713. The van der Waals surface area contributed by atoms with E-state index in [9.17, 15) is 9.59 Å². The number of aryl methyl sites for hydroxylation is 1. The van der Waals surface area contributed by atoms with Gasteiger partial charge in [-0.15, -0.1) is 5.10 Å². The number of aromatic nitrogens is 3. The summed E-state index contributed by atoms with van der Waals surface area (Å²) in [6.45, 7) is 2.27. The van der Waals surface area contributed by atoms with Crippen LogP contribution in [-0.2, 0) is 11.2 Å². The minimum Gasteiger partial charge on any atom is -0.481 e. The number of benzene rings is 1. The summed E-state index contributed by atoms with van der Waals surface area (Å²) in [7, 11) is 0. The zero-order chi connectivity index (χ0) is 17.5. The van der Waals surface area contributed by atoms with Crippen molar-refractivity contribution in [3.05, 3.63) is 40.9 Å². The highest BCUT2D eigenvalue weighted by Crippen LogP contribution is 2.21. The molecule has 2 aromatic rings. The first-order valence-corrected chi connectivity index (χ1v) is 8.11. The molecule has 2 rings (SSSR count). The number of halogens is 1. The fraction of sp³-hybridized carbons (Fsp3) is 0.375. The number of carbonyl (C=O) groups is 2. The molecule has 1 aromatic heterocycles. The Morgan fingerprint density at radius 2 is 2.08 bits per heavy atom. The van der Waals surface area contributed by atoms with Gasteiger partial charge in [0.15, 0.2) is 0 Å². The summed E-state index contributed by atoms with van der Waals surface area (Å²) in [5.74, 6) is -0.617. The first-order chi connectivity index (χ1) is 11.5. The highest BCUT2D eigenvalue weighted by molar-refractivity contribution is 6.32. The van der Waals surface area contributed by atoms with E-state index in [0.29, 0.717) is 29.4 Å². The standard InChI is InChI=1S/C16H19ClN4O3/c1-2-6-13-19-15(16(24)18-10-5-9-14(22)23)20-21(13)12-8-4-3-7-11(12)17/h3-4,7-8H,2,5-6,9-10H2,1H3,(H,18,24)(H,22,23). The van der Waals surface area contributed by atoms with Gasteiger partial charge in [0.2, 0.25) is 5.82 Å². The van der Waals surface area contributed by atoms with Crippen LogP contribution < -0.4 is 5.32 Å². The second-order valence-corrected chi connectivity index (χ2v) is 5.63. The monoisotopic (exact) mass is 350 g/mol. The van der Waals surface area contributed by atoms with Crippen LogP contribution in [0.15, 0.2) is 24.3 Å². The average Bonchev–Trinajstić information content (AvgIpc) is 2.96. The molecule has 0 aliphatic heterocycles. The lowest BCUT2D eigenvalue weighted by Crippen LogP contribution is -2.26. The van der Waals surface area contributed by atoms with Gasteiger partial charge in [0.25, 0.3) is 5.91 Å². The summed E-state index contributed by atoms with van der Waals surface area (Å²) in [6, 6.07) is 7.22. The van der Waals surface area contributed by atoms with Crippen LogP contribution in [0.2, 0.25) is 5.02 Å². The third-order valence-electron chi connectivity index (χ3n) is 3.28. The zero-order valence-electron chi connectivity index (χ0n) is 13.3. The molecule has 7 nitrogen and oxygen atoms in total. The van der Waals surface area contributed by atoms with Gasteiger partial charge in [-0.25, -0.2) is 9.67 Å². The summed E-state index contributed by atoms with van der Waals surface area (Å²) in [4.78, 5) is 26.9. The predicted molar refractivity (Wildman–Crippen MR) is 89.6 cm³/mol. The number of aliphatic carboxylic acids is 1. The minimum atomic E-state index is -0.893. The van der Waals surface area contributed by atoms with Crippen LogP contribution in [0.3, 0.4) is 0 Å². The molecule has 0 saturated heterocycles. The SMILES string of the molecule is CCCc1nc(C(=O)NCCCC(=O)O)nn1-c1ccccc1Cl. The molecule has 128 valence electrons. The normalized spacial score (nSPS) is 10.6. The Morgan fingerprint density at radius 1 is 1.33 bits per heavy atom. The lowest BCUT2D eigenvalue weighted by Gasteiger charge is -2.06. The van der Waals surface area contributed by atoms with E-state index in [1.165, 1.54) is 0 Å². The molecule has 1 amide bonds. The van der Waals surface area contributed by atoms with Crippen molar-refractivity contribution in [2.24, 2.45) is 0 Å². The van der Waals surface area contributed by atoms with Crippen molar-refractivity contribution in [3.8, 4) is 5.69 Å². The second-order valence-electron chi connectivity index (χ2n) is 5.22. The molecule has 0 aliphatic rings. The van der Waals surface area contributed by atoms with Gasteiger partial charge in [0.1, 0.15) is 5.82 Å². The van der Waals surface area contributed by atoms with Gasteiger partial charge in [-0.2, -0.15) is 0 Å². The third kappa shape index (κ3) is 4.55. The fourth-order valence-electron chi connectivity index (χ4n) is 2.16. The number of carboxylic acids is 1. The van der Waals surface area contributed by atoms with Crippen molar-refractivity contribution in [2.45, 2.75) is 32.6 Å². The van der Waals surface area contributed by atoms with Gasteiger partial charge in [-0.3, -0.25) is 9.59 Å². The molecular weight excluding hydrogens is 332 g/mol. The van der Waals surface area contributed by atoms with Gasteiger partial charge < -0.3 is 10.4 Å². The van der Waals surface area contributed by atoms with Crippen molar-refractivity contribution < 1.29 is 14.7 Å². The Hall–Kier alpha value is -2.41. The molecule has 1 heterocycles. The highest BCUT2D eigenvalue weighted by Gasteiger charge is 2.18. The van der Waals surface area contributed by atoms with Gasteiger partial charge in [-0.1, -0.05) is 30.7 Å². The first-order valence-electron chi connectivity index (χ1n) is 7.73. The number of hydrogen-bond donors (Lipinski definition) is 2. The molecular formula is C16H19ClN4O3. The molecule has 2 N–H and O–H groups in total. The van der Waals surface area contributed by atoms with Crippen molar-refractivity contribution in [1.82, 2.24) is 20.1 Å². The Kier molecular flexibility index (Phi) is 6.31. The van der Waals surface area contributed by atoms with Crippen LogP contribution in [0.25, 0.3) is 5.69 Å². The molecule has 8 heteroatoms. The first kappa shape index (κ1) is 17.9. The summed E-state index contributed by atoms with van der Waals surface area (Å²) in [5, 5.41) is 16.0. The van der Waals surface area contributed by atoms with Gasteiger partial charge in [-0.05, 0) is 25.0 Å². The van der Waals surface area contributed by atoms with E-state index < -0.39 is 11.9 Å². The van der Waals surface area contributed by atoms with Crippen LogP contribution >= 0.6 is 11.6 Å². The smallest absolute Gasteiger partial charge is 0.303 e. The summed E-state index contributed by atoms with van der Waals surface area (Å²) in [6.07, 6.45) is 1.87. The number of carbonyl (C=O) groups excluding carboxylic acids is 1. The number of nitrogens with one attached hydrogen (secondary N) is 1. The van der Waals surface area contributed by atoms with Crippen molar-refractivity contribution in [1.29, 1.82) is 0 Å². The summed E-state index contributed by atoms with van der Waals surface area (Å²) < 4.78 is 1.58. The topological polar surface area (TPSA) is 97.1 Å². The van der Waals surface area contributed by atoms with E-state index in [-0.39, 0.29) is 18.8 Å². The maximum Gasteiger partial charge on any atom is 0.303 e. The number of rotatable bonds is 8. The molecule has 0 bridgehead atoms. The number of carboxylic acid groups (broad SMARTS) is 1. The number of hydrogen-bond acceptors (Lipinski definition) is 4. The van der Waals surface area contributed by atoms with E-state index in [2.05, 4.69) is 15.4 Å². The van der Waals surface area contributed by atoms with Crippen molar-refractivity contribution in [3.63, 3.8) is 0 Å². The fourth-order valence-corrected chi connectivity index (χ4v) is 2.38. The van der Waals surface area contributed by atoms with Gasteiger partial charge >= 0.3 is 5.97 Å². The lowest BCUT2D eigenvalue weighted by atomic mass is 10.3. The molecule has 0 atom stereocenters. The number of nitrogens with zero attached hydrogens (tertiary/aromatic N) is 3. The number of para-hydroxylation sites is 1. The molecule has 0 saturated carbocycles. The molecule has 0 spiro atoms. The van der Waals surface area contributed by atoms with E-state index in [4.69, 9.17) is 16.7 Å². The van der Waals surface area contributed by atoms with Crippen LogP contribution in [-0.4, -0.2) is 38.3 Å². The zero-order valence-corrected chi connectivity index (χ0v) is 14.1. The molecule has 24 heavy (non-hydrogen) atoms. The van der Waals surface area contributed by atoms with Crippen LogP contribution in [0.5, 0.6) is 0 Å². The van der Waals surface area contributed by atoms with Gasteiger partial charge in [0.05, 0.1) is 10.7 Å². The maximum absolute atomic E-state index is 12.1. The molecule has 0 aliphatic carbocycles. The van der Waals surface area contributed by atoms with E-state index in [1.807, 2.05) is 25.1 Å². The number of amides is 1. The molecule has 1 aromatic carbocycles. The van der Waals surface area contributed by atoms with Gasteiger partial charge in [0, 0.05) is 19.4 Å². The highest BCUT2D eigenvalue weighted by atomic mass is 35.5. The van der Waals surface area contributed by atoms with Crippen molar-refractivity contribution in [2.75, 3.05) is 6.54 Å². The Labute approximate surface area is 144 Å². The van der Waals surface area contributed by atoms with Crippen molar-refractivity contribution >= 4 is 23.5 Å². The van der Waals surface area contributed by atoms with E-state index in [0.717, 1.165) is 6.42 Å². The summed E-state index contributed by atoms with van der Waals surface area (Å²) >= 11 is 6.21. The van der Waals surface area contributed by atoms with E-state index >= 15 is 0 Å². The third-order valence-corrected chi connectivity index (χ3v) is 3.60. The lowest BCUT2D eigenvalue weighted by molar-refractivity contribution is -0.137. The van der Waals surface area contributed by atoms with Crippen LogP contribution in [0.4, 0.5) is 0 Å². The van der Waals surface area contributed by atoms with Crippen LogP contribution in [0.1, 0.15) is 42.6 Å². The minimum absolute atomic E-state index is 0.00283. The molecule has 0 radical (unpaired) electrons. The molecule has 0 unspecified atom stereocenters. The largest absolute Gasteiger partial charge is 0.481 e. The Morgan fingerprint density at radius 3 is 2.75 bits per heavy atom. The second kappa shape index (κ2) is 8.44. The Balaban J connectivity index is 2.17. The predicted octanol–water partition coefficient (Wildman–Crippen LogP) is 2.47. The maximum atomic E-state index is 12.1. The summed E-state index contributed by atoms with van der Waals surface area (Å²) in [5.41, 5.74) is 0.667. The van der Waals surface area contributed by atoms with Crippen LogP contribution in [0, 0.1) is 0 Å².